The van der Waals surface area contributed by atoms with E-state index in [1.54, 1.807) is 5.48 Å². The minimum atomic E-state index is -3.78. The highest BCUT2D eigenvalue weighted by atomic mass is 32.2. The molecule has 3 N–H and O–H groups in total. The zero-order valence-corrected chi connectivity index (χ0v) is 14.9. The second kappa shape index (κ2) is 6.86. The lowest BCUT2D eigenvalue weighted by atomic mass is 9.79. The van der Waals surface area contributed by atoms with Crippen LogP contribution in [0.3, 0.4) is 0 Å². The molecule has 2 amide bonds. The normalized spacial score (nSPS) is 19.8. The number of piperidine rings is 1. The van der Waals surface area contributed by atoms with Crippen molar-refractivity contribution in [3.63, 3.8) is 0 Å². The topological polar surface area (TPSA) is 127 Å². The molecule has 0 aliphatic carbocycles. The van der Waals surface area contributed by atoms with Gasteiger partial charge in [-0.05, 0) is 24.0 Å². The molecule has 10 heteroatoms. The molecule has 0 spiro atoms. The zero-order chi connectivity index (χ0) is 18.9. The van der Waals surface area contributed by atoms with Crippen LogP contribution in [0.25, 0.3) is 0 Å². The Morgan fingerprint density at radius 1 is 1.12 bits per heavy atom. The first-order valence-corrected chi connectivity index (χ1v) is 9.85. The van der Waals surface area contributed by atoms with Gasteiger partial charge in [0.25, 0.3) is 5.91 Å². The van der Waals surface area contributed by atoms with Crippen LogP contribution in [0.1, 0.15) is 24.0 Å². The van der Waals surface area contributed by atoms with Gasteiger partial charge in [-0.25, -0.2) is 18.7 Å². The highest BCUT2D eigenvalue weighted by Gasteiger charge is 2.47. The number of nitrogens with one attached hydrogen (secondary N) is 1. The molecule has 0 aromatic heterocycles. The van der Waals surface area contributed by atoms with Gasteiger partial charge in [0.15, 0.2) is 0 Å². The number of rotatable bonds is 4. The first-order valence-electron chi connectivity index (χ1n) is 8.24. The second-order valence-electron chi connectivity index (χ2n) is 6.78. The Balaban J connectivity index is 1.79. The van der Waals surface area contributed by atoms with Crippen LogP contribution < -0.4 is 5.48 Å². The maximum atomic E-state index is 12.9. The minimum Gasteiger partial charge on any atom is -0.465 e. The van der Waals surface area contributed by atoms with Crippen molar-refractivity contribution in [3.8, 4) is 0 Å². The summed E-state index contributed by atoms with van der Waals surface area (Å²) in [6, 6.07) is 7.42. The van der Waals surface area contributed by atoms with Gasteiger partial charge >= 0.3 is 6.09 Å². The number of carboxylic acid groups (broad SMARTS) is 1. The van der Waals surface area contributed by atoms with Crippen LogP contribution in [0.15, 0.2) is 24.3 Å². The number of benzene rings is 1. The molecule has 0 saturated carbocycles. The zero-order valence-electron chi connectivity index (χ0n) is 14.1. The first-order chi connectivity index (χ1) is 12.3. The van der Waals surface area contributed by atoms with Crippen molar-refractivity contribution in [2.75, 3.05) is 18.8 Å². The molecule has 2 heterocycles. The third-order valence-electron chi connectivity index (χ3n) is 5.24. The van der Waals surface area contributed by atoms with Gasteiger partial charge in [0, 0.05) is 26.2 Å². The van der Waals surface area contributed by atoms with Crippen molar-refractivity contribution in [1.82, 2.24) is 14.7 Å². The molecule has 26 heavy (non-hydrogen) atoms. The van der Waals surface area contributed by atoms with E-state index in [1.807, 2.05) is 24.3 Å². The number of carbonyl (C=O) groups is 2. The van der Waals surface area contributed by atoms with Crippen LogP contribution in [0.2, 0.25) is 0 Å². The Hall–Kier alpha value is -2.17. The van der Waals surface area contributed by atoms with Crippen LogP contribution in [-0.2, 0) is 27.9 Å². The quantitative estimate of drug-likeness (QED) is 0.516. The molecule has 1 fully saturated rings. The van der Waals surface area contributed by atoms with Gasteiger partial charge in [-0.15, -0.1) is 0 Å². The summed E-state index contributed by atoms with van der Waals surface area (Å²) in [7, 11) is -3.78. The highest BCUT2D eigenvalue weighted by Crippen LogP contribution is 2.36. The Morgan fingerprint density at radius 3 is 2.12 bits per heavy atom. The fourth-order valence-corrected chi connectivity index (χ4v) is 5.59. The summed E-state index contributed by atoms with van der Waals surface area (Å²) in [4.78, 5) is 24.5. The fraction of sp³-hybridized carbons (Fsp3) is 0.500. The summed E-state index contributed by atoms with van der Waals surface area (Å²) in [5, 5.41) is 18.2. The number of nitrogens with zero attached hydrogens (tertiary/aromatic N) is 2. The van der Waals surface area contributed by atoms with Crippen LogP contribution in [0.4, 0.5) is 4.79 Å². The molecule has 0 atom stereocenters. The summed E-state index contributed by atoms with van der Waals surface area (Å²) in [5.74, 6) is -1.25. The molecule has 2 aliphatic heterocycles. The number of carbonyl (C=O) groups excluding carboxylic acids is 1. The first kappa shape index (κ1) is 18.6. The summed E-state index contributed by atoms with van der Waals surface area (Å²) < 4.78 is 27.2. The average Bonchev–Trinajstić information content (AvgIpc) is 3.06. The van der Waals surface area contributed by atoms with Crippen LogP contribution in [0, 0.1) is 5.41 Å². The molecule has 1 aromatic carbocycles. The number of hydrogen-bond donors (Lipinski definition) is 3. The molecule has 1 saturated heterocycles. The van der Waals surface area contributed by atoms with E-state index >= 15 is 0 Å². The lowest BCUT2D eigenvalue weighted by Crippen LogP contribution is -2.53. The number of amides is 2. The summed E-state index contributed by atoms with van der Waals surface area (Å²) in [6.07, 6.45) is -1.04. The Bertz CT molecular complexity index is 792. The predicted octanol–water partition coefficient (Wildman–Crippen LogP) is 0.598. The number of hydroxylamine groups is 1. The Labute approximate surface area is 151 Å². The molecule has 9 nitrogen and oxygen atoms in total. The van der Waals surface area contributed by atoms with E-state index in [1.165, 1.54) is 4.31 Å². The van der Waals surface area contributed by atoms with Gasteiger partial charge in [-0.1, -0.05) is 24.3 Å². The summed E-state index contributed by atoms with van der Waals surface area (Å²) >= 11 is 0. The highest BCUT2D eigenvalue weighted by molar-refractivity contribution is 7.89. The number of hydrogen-bond acceptors (Lipinski definition) is 5. The van der Waals surface area contributed by atoms with Gasteiger partial charge in [0.2, 0.25) is 10.0 Å². The second-order valence-corrected chi connectivity index (χ2v) is 8.75. The molecular formula is C16H21N3O6S. The van der Waals surface area contributed by atoms with E-state index in [-0.39, 0.29) is 39.0 Å². The van der Waals surface area contributed by atoms with E-state index in [9.17, 15) is 18.0 Å². The van der Waals surface area contributed by atoms with Crippen molar-refractivity contribution in [1.29, 1.82) is 0 Å². The van der Waals surface area contributed by atoms with Gasteiger partial charge < -0.3 is 10.0 Å². The van der Waals surface area contributed by atoms with Gasteiger partial charge in [0.05, 0.1) is 11.2 Å². The monoisotopic (exact) mass is 383 g/mol. The number of sulfonamides is 1. The van der Waals surface area contributed by atoms with Gasteiger partial charge in [-0.2, -0.15) is 4.31 Å². The smallest absolute Gasteiger partial charge is 0.407 e. The molecule has 0 unspecified atom stereocenters. The largest absolute Gasteiger partial charge is 0.465 e. The van der Waals surface area contributed by atoms with E-state index in [2.05, 4.69) is 0 Å². The Morgan fingerprint density at radius 2 is 1.65 bits per heavy atom. The minimum absolute atomic E-state index is 0.0334. The molecule has 1 aromatic rings. The van der Waals surface area contributed by atoms with Crippen molar-refractivity contribution in [3.05, 3.63) is 35.4 Å². The van der Waals surface area contributed by atoms with Crippen LogP contribution >= 0.6 is 0 Å². The molecule has 142 valence electrons. The molecule has 3 rings (SSSR count). The van der Waals surface area contributed by atoms with Crippen molar-refractivity contribution in [2.45, 2.75) is 25.9 Å². The van der Waals surface area contributed by atoms with E-state index in [0.29, 0.717) is 0 Å². The average molecular weight is 383 g/mol. The maximum Gasteiger partial charge on any atom is 0.407 e. The fourth-order valence-electron chi connectivity index (χ4n) is 3.62. The van der Waals surface area contributed by atoms with Gasteiger partial charge in [0.1, 0.15) is 0 Å². The molecule has 0 radical (unpaired) electrons. The third-order valence-corrected chi connectivity index (χ3v) is 7.20. The number of fused-ring (bicyclic) bond motifs is 1. The molecular weight excluding hydrogens is 362 g/mol. The van der Waals surface area contributed by atoms with Crippen LogP contribution in [-0.4, -0.2) is 58.8 Å². The van der Waals surface area contributed by atoms with Gasteiger partial charge in [-0.3, -0.25) is 10.0 Å². The molecule has 0 bridgehead atoms. The van der Waals surface area contributed by atoms with E-state index in [4.69, 9.17) is 10.3 Å². The van der Waals surface area contributed by atoms with E-state index in [0.717, 1.165) is 16.0 Å². The maximum absolute atomic E-state index is 12.9. The van der Waals surface area contributed by atoms with Crippen molar-refractivity contribution >= 4 is 22.0 Å². The van der Waals surface area contributed by atoms with E-state index < -0.39 is 33.2 Å². The lowest BCUT2D eigenvalue weighted by Gasteiger charge is -2.39. The Kier molecular flexibility index (Phi) is 4.91. The lowest BCUT2D eigenvalue weighted by molar-refractivity contribution is -0.141. The van der Waals surface area contributed by atoms with Crippen molar-refractivity contribution in [2.24, 2.45) is 5.41 Å². The summed E-state index contributed by atoms with van der Waals surface area (Å²) in [5.41, 5.74) is 2.07. The van der Waals surface area contributed by atoms with Crippen LogP contribution in [0.5, 0.6) is 0 Å². The standard InChI is InChI=1S/C16H21N3O6S/c20-14(17-23)16(5-7-18(8-6-16)15(21)22)11-26(24,25)19-9-12-3-1-2-4-13(12)10-19/h1-4,23H,5-11H2,(H,17,20)(H,21,22). The SMILES string of the molecule is O=C(O)N1CCC(CS(=O)(=O)N2Cc3ccccc3C2)(C(=O)NO)CC1. The number of likely N-dealkylation sites (tertiary alicyclic amines) is 1. The predicted molar refractivity (Wildman–Crippen MR) is 90.7 cm³/mol. The summed E-state index contributed by atoms with van der Waals surface area (Å²) in [6.45, 7) is 0.574. The third kappa shape index (κ3) is 3.39. The van der Waals surface area contributed by atoms with Crippen molar-refractivity contribution < 1.29 is 28.3 Å². The molecule has 2 aliphatic rings.